The van der Waals surface area contributed by atoms with E-state index in [0.717, 1.165) is 5.56 Å². The monoisotopic (exact) mass is 322 g/mol. The van der Waals surface area contributed by atoms with Crippen molar-refractivity contribution in [2.24, 2.45) is 0 Å². The third-order valence-corrected chi connectivity index (χ3v) is 4.34. The van der Waals surface area contributed by atoms with Crippen molar-refractivity contribution in [3.05, 3.63) is 59.3 Å². The summed E-state index contributed by atoms with van der Waals surface area (Å²) >= 11 is 0. The molecule has 1 N–H and O–H groups in total. The molecule has 0 saturated carbocycles. The summed E-state index contributed by atoms with van der Waals surface area (Å²) in [5.41, 5.74) is 0.713. The molecule has 0 heterocycles. The van der Waals surface area contributed by atoms with Crippen LogP contribution in [0.2, 0.25) is 0 Å². The van der Waals surface area contributed by atoms with Gasteiger partial charge in [0.05, 0.1) is 5.69 Å². The van der Waals surface area contributed by atoms with Gasteiger partial charge in [0, 0.05) is 0 Å². The molecule has 0 aromatic heterocycles. The van der Waals surface area contributed by atoms with Crippen molar-refractivity contribution < 1.29 is 17.8 Å². The molecule has 0 fully saturated rings. The molecule has 2 aromatic carbocycles. The average Bonchev–Trinajstić information content (AvgIpc) is 2.47. The second-order valence-electron chi connectivity index (χ2n) is 5.00. The highest BCUT2D eigenvalue weighted by Gasteiger charge is 2.19. The van der Waals surface area contributed by atoms with E-state index in [0.29, 0.717) is 0 Å². The van der Waals surface area contributed by atoms with Gasteiger partial charge in [-0.05, 0) is 41.8 Å². The maximum atomic E-state index is 12.3. The SMILES string of the molecule is CC(C)c1ccccc1OS(=O)(=O)c1ccc(N([O-])O)cc1. The van der Waals surface area contributed by atoms with Crippen LogP contribution in [0.3, 0.4) is 0 Å². The Morgan fingerprint density at radius 3 is 2.23 bits per heavy atom. The van der Waals surface area contributed by atoms with Crippen LogP contribution in [-0.2, 0) is 10.1 Å². The van der Waals surface area contributed by atoms with E-state index < -0.39 is 10.1 Å². The van der Waals surface area contributed by atoms with Crippen molar-refractivity contribution in [2.75, 3.05) is 5.23 Å². The van der Waals surface area contributed by atoms with E-state index in [1.54, 1.807) is 18.2 Å². The fraction of sp³-hybridized carbons (Fsp3) is 0.200. The zero-order valence-corrected chi connectivity index (χ0v) is 12.9. The standard InChI is InChI=1S/C15H16NO5S/c1-11(2)14-5-3-4-6-15(14)21-22(19,20)13-9-7-12(8-10-13)16(17)18/h3-11,17H,1-2H3/q-1. The fourth-order valence-corrected chi connectivity index (χ4v) is 2.89. The van der Waals surface area contributed by atoms with Crippen molar-refractivity contribution >= 4 is 15.8 Å². The topological polar surface area (TPSA) is 89.9 Å². The number of benzene rings is 2. The number of para-hydroxylation sites is 1. The van der Waals surface area contributed by atoms with Gasteiger partial charge in [0.15, 0.2) is 0 Å². The largest absolute Gasteiger partial charge is 0.733 e. The summed E-state index contributed by atoms with van der Waals surface area (Å²) in [6, 6.07) is 11.7. The van der Waals surface area contributed by atoms with Gasteiger partial charge in [-0.1, -0.05) is 32.0 Å². The summed E-state index contributed by atoms with van der Waals surface area (Å²) in [4.78, 5) is -0.100. The van der Waals surface area contributed by atoms with Gasteiger partial charge in [-0.2, -0.15) is 8.42 Å². The molecule has 0 amide bonds. The van der Waals surface area contributed by atoms with Gasteiger partial charge < -0.3 is 14.6 Å². The van der Waals surface area contributed by atoms with Crippen molar-refractivity contribution in [1.29, 1.82) is 0 Å². The second kappa shape index (κ2) is 6.35. The van der Waals surface area contributed by atoms with Crippen molar-refractivity contribution in [1.82, 2.24) is 0 Å². The maximum Gasteiger partial charge on any atom is 0.339 e. The highest BCUT2D eigenvalue weighted by Crippen LogP contribution is 2.29. The van der Waals surface area contributed by atoms with E-state index in [1.165, 1.54) is 24.3 Å². The third-order valence-electron chi connectivity index (χ3n) is 3.09. The summed E-state index contributed by atoms with van der Waals surface area (Å²) in [5.74, 6) is 0.381. The quantitative estimate of drug-likeness (QED) is 0.671. The van der Waals surface area contributed by atoms with E-state index in [2.05, 4.69) is 0 Å². The van der Waals surface area contributed by atoms with Crippen LogP contribution in [-0.4, -0.2) is 13.6 Å². The normalized spacial score (nSPS) is 11.5. The first-order valence-corrected chi connectivity index (χ1v) is 8.01. The van der Waals surface area contributed by atoms with Gasteiger partial charge in [0.25, 0.3) is 0 Å². The van der Waals surface area contributed by atoms with Crippen LogP contribution in [0.5, 0.6) is 5.75 Å². The minimum atomic E-state index is -4.01. The Labute approximate surface area is 129 Å². The summed E-state index contributed by atoms with van der Waals surface area (Å²) < 4.78 is 29.8. The maximum absolute atomic E-state index is 12.3. The fourth-order valence-electron chi connectivity index (χ4n) is 1.94. The predicted molar refractivity (Wildman–Crippen MR) is 82.4 cm³/mol. The molecule has 0 radical (unpaired) electrons. The molecule has 0 unspecified atom stereocenters. The van der Waals surface area contributed by atoms with E-state index in [1.807, 2.05) is 19.9 Å². The zero-order chi connectivity index (χ0) is 16.3. The molecular weight excluding hydrogens is 306 g/mol. The van der Waals surface area contributed by atoms with Crippen molar-refractivity contribution in [3.63, 3.8) is 0 Å². The van der Waals surface area contributed by atoms with Crippen LogP contribution in [0.15, 0.2) is 53.4 Å². The Bertz CT molecular complexity index is 739. The number of rotatable bonds is 5. The molecule has 118 valence electrons. The first-order valence-electron chi connectivity index (χ1n) is 6.61. The van der Waals surface area contributed by atoms with E-state index in [9.17, 15) is 13.6 Å². The number of anilines is 1. The average molecular weight is 322 g/mol. The Balaban J connectivity index is 2.32. The lowest BCUT2D eigenvalue weighted by atomic mass is 10.0. The molecule has 0 aliphatic rings. The van der Waals surface area contributed by atoms with Crippen LogP contribution in [0.25, 0.3) is 0 Å². The Morgan fingerprint density at radius 2 is 1.68 bits per heavy atom. The van der Waals surface area contributed by atoms with Gasteiger partial charge in [-0.15, -0.1) is 0 Å². The number of hydrogen-bond donors (Lipinski definition) is 1. The first kappa shape index (κ1) is 16.3. The van der Waals surface area contributed by atoms with Crippen LogP contribution in [0.1, 0.15) is 25.3 Å². The van der Waals surface area contributed by atoms with E-state index >= 15 is 0 Å². The molecular formula is C15H16NO5S-. The molecule has 0 spiro atoms. The third kappa shape index (κ3) is 3.56. The first-order chi connectivity index (χ1) is 10.3. The molecule has 7 heteroatoms. The molecule has 0 bridgehead atoms. The summed E-state index contributed by atoms with van der Waals surface area (Å²) in [6.45, 7) is 3.88. The number of hydrogen-bond acceptors (Lipinski definition) is 6. The molecule has 0 saturated heterocycles. The lowest BCUT2D eigenvalue weighted by Gasteiger charge is -2.21. The Morgan fingerprint density at radius 1 is 1.09 bits per heavy atom. The van der Waals surface area contributed by atoms with Gasteiger partial charge >= 0.3 is 10.1 Å². The minimum absolute atomic E-state index is 0.0680. The van der Waals surface area contributed by atoms with Crippen LogP contribution in [0.4, 0.5) is 5.69 Å². The molecule has 2 aromatic rings. The van der Waals surface area contributed by atoms with Gasteiger partial charge in [0.1, 0.15) is 10.6 Å². The van der Waals surface area contributed by atoms with Crippen molar-refractivity contribution in [2.45, 2.75) is 24.7 Å². The van der Waals surface area contributed by atoms with Gasteiger partial charge in [0.2, 0.25) is 0 Å². The molecule has 2 rings (SSSR count). The van der Waals surface area contributed by atoms with E-state index in [-0.39, 0.29) is 27.5 Å². The van der Waals surface area contributed by atoms with Crippen LogP contribution >= 0.6 is 0 Å². The second-order valence-corrected chi connectivity index (χ2v) is 6.54. The predicted octanol–water partition coefficient (Wildman–Crippen LogP) is 3.27. The summed E-state index contributed by atoms with van der Waals surface area (Å²) in [6.07, 6.45) is 0. The van der Waals surface area contributed by atoms with Crippen molar-refractivity contribution in [3.8, 4) is 5.75 Å². The minimum Gasteiger partial charge on any atom is -0.733 e. The molecule has 6 nitrogen and oxygen atoms in total. The highest BCUT2D eigenvalue weighted by atomic mass is 32.2. The van der Waals surface area contributed by atoms with Crippen LogP contribution in [0, 0.1) is 5.21 Å². The zero-order valence-electron chi connectivity index (χ0n) is 12.1. The lowest BCUT2D eigenvalue weighted by molar-refractivity contribution is 0.296. The molecule has 22 heavy (non-hydrogen) atoms. The lowest BCUT2D eigenvalue weighted by Crippen LogP contribution is -2.12. The molecule has 0 atom stereocenters. The highest BCUT2D eigenvalue weighted by molar-refractivity contribution is 7.87. The van der Waals surface area contributed by atoms with Gasteiger partial charge in [-0.3, -0.25) is 5.21 Å². The Hall–Kier alpha value is -2.09. The summed E-state index contributed by atoms with van der Waals surface area (Å²) in [5, 5.41) is 19.1. The molecule has 0 aliphatic carbocycles. The van der Waals surface area contributed by atoms with Crippen LogP contribution < -0.4 is 9.41 Å². The smallest absolute Gasteiger partial charge is 0.339 e. The summed E-state index contributed by atoms with van der Waals surface area (Å²) in [7, 11) is -4.01. The van der Waals surface area contributed by atoms with Gasteiger partial charge in [-0.25, -0.2) is 0 Å². The molecule has 0 aliphatic heterocycles. The Kier molecular flexibility index (Phi) is 4.70. The number of nitrogens with zero attached hydrogens (tertiary/aromatic N) is 1. The van der Waals surface area contributed by atoms with E-state index in [4.69, 9.17) is 9.39 Å².